The van der Waals surface area contributed by atoms with E-state index in [9.17, 15) is 24.3 Å². The molecule has 2 amide bonds. The Morgan fingerprint density at radius 1 is 1.15 bits per heavy atom. The summed E-state index contributed by atoms with van der Waals surface area (Å²) in [5, 5.41) is 27.8. The predicted octanol–water partition coefficient (Wildman–Crippen LogP) is 6.63. The third-order valence-electron chi connectivity index (χ3n) is 8.40. The van der Waals surface area contributed by atoms with Gasteiger partial charge in [-0.15, -0.1) is 11.3 Å². The molecular formula is C34H35F2N5O4S. The molecule has 0 bridgehead atoms. The summed E-state index contributed by atoms with van der Waals surface area (Å²) >= 11 is 1.10. The molecule has 1 saturated carbocycles. The molecule has 0 unspecified atom stereocenters. The van der Waals surface area contributed by atoms with Gasteiger partial charge in [0.2, 0.25) is 0 Å². The van der Waals surface area contributed by atoms with Crippen LogP contribution in [-0.4, -0.2) is 62.1 Å². The molecule has 4 aromatic rings. The molecule has 46 heavy (non-hydrogen) atoms. The monoisotopic (exact) mass is 647 g/mol. The SMILES string of the molecule is CC(C)(C)OC(=O)N[C@@H]1CCCN(C(=O)c2cc(-c3ccc(C#N)c(F)c3)c(-c3cc4cn(CC5(O)CCC5)nc4cc3F)s2)C1. The maximum atomic E-state index is 15.8. The van der Waals surface area contributed by atoms with Gasteiger partial charge in [0.25, 0.3) is 5.91 Å². The van der Waals surface area contributed by atoms with Crippen LogP contribution in [0.2, 0.25) is 0 Å². The largest absolute Gasteiger partial charge is 0.444 e. The second kappa shape index (κ2) is 12.1. The first-order chi connectivity index (χ1) is 21.8. The molecule has 0 radical (unpaired) electrons. The molecule has 1 aliphatic heterocycles. The number of aromatic nitrogens is 2. The molecule has 240 valence electrons. The lowest BCUT2D eigenvalue weighted by Gasteiger charge is -2.36. The first-order valence-electron chi connectivity index (χ1n) is 15.3. The molecule has 12 heteroatoms. The number of amides is 2. The highest BCUT2D eigenvalue weighted by Crippen LogP contribution is 2.43. The number of hydrogen-bond donors (Lipinski definition) is 2. The smallest absolute Gasteiger partial charge is 0.407 e. The molecule has 2 aromatic heterocycles. The van der Waals surface area contributed by atoms with Gasteiger partial charge in [0.1, 0.15) is 23.3 Å². The number of carbonyl (C=O) groups excluding carboxylic acids is 2. The third kappa shape index (κ3) is 6.62. The second-order valence-electron chi connectivity index (χ2n) is 13.2. The first kappa shape index (κ1) is 31.6. The number of likely N-dealkylation sites (tertiary alicyclic amines) is 1. The van der Waals surface area contributed by atoms with Gasteiger partial charge >= 0.3 is 6.09 Å². The minimum Gasteiger partial charge on any atom is -0.444 e. The molecule has 9 nitrogen and oxygen atoms in total. The van der Waals surface area contributed by atoms with Gasteiger partial charge < -0.3 is 20.1 Å². The Morgan fingerprint density at radius 3 is 2.61 bits per heavy atom. The van der Waals surface area contributed by atoms with Crippen molar-refractivity contribution in [1.29, 1.82) is 5.26 Å². The molecule has 1 saturated heterocycles. The fourth-order valence-corrected chi connectivity index (χ4v) is 7.16. The van der Waals surface area contributed by atoms with E-state index in [0.717, 1.165) is 17.8 Å². The van der Waals surface area contributed by atoms with E-state index in [-0.39, 0.29) is 29.6 Å². The number of nitrogens with one attached hydrogen (secondary N) is 1. The number of piperidine rings is 1. The van der Waals surface area contributed by atoms with E-state index in [4.69, 9.17) is 4.74 Å². The lowest BCUT2D eigenvalue weighted by molar-refractivity contribution is -0.0496. The van der Waals surface area contributed by atoms with Crippen LogP contribution in [0.5, 0.6) is 0 Å². The summed E-state index contributed by atoms with van der Waals surface area (Å²) < 4.78 is 37.6. The summed E-state index contributed by atoms with van der Waals surface area (Å²) in [6.45, 7) is 6.40. The van der Waals surface area contributed by atoms with Crippen LogP contribution >= 0.6 is 11.3 Å². The Kier molecular flexibility index (Phi) is 8.33. The number of hydrogen-bond acceptors (Lipinski definition) is 7. The van der Waals surface area contributed by atoms with E-state index in [1.54, 1.807) is 54.7 Å². The van der Waals surface area contributed by atoms with Gasteiger partial charge in [0.05, 0.1) is 28.1 Å². The van der Waals surface area contributed by atoms with E-state index in [1.807, 2.05) is 6.07 Å². The molecule has 6 rings (SSSR count). The molecule has 2 N–H and O–H groups in total. The quantitative estimate of drug-likeness (QED) is 0.243. The zero-order chi connectivity index (χ0) is 32.8. The summed E-state index contributed by atoms with van der Waals surface area (Å²) in [6, 6.07) is 10.3. The van der Waals surface area contributed by atoms with Gasteiger partial charge in [-0.05, 0) is 82.7 Å². The van der Waals surface area contributed by atoms with Crippen LogP contribution in [0.4, 0.5) is 13.6 Å². The summed E-state index contributed by atoms with van der Waals surface area (Å²) in [4.78, 5) is 28.7. The summed E-state index contributed by atoms with van der Waals surface area (Å²) in [5.41, 5.74) is -0.0889. The van der Waals surface area contributed by atoms with E-state index in [2.05, 4.69) is 10.4 Å². The van der Waals surface area contributed by atoms with Crippen molar-refractivity contribution in [3.05, 3.63) is 64.7 Å². The number of alkyl carbamates (subject to hydrolysis) is 1. The molecule has 2 fully saturated rings. The van der Waals surface area contributed by atoms with Crippen LogP contribution in [-0.2, 0) is 11.3 Å². The fraction of sp³-hybridized carbons (Fsp3) is 0.412. The number of ether oxygens (including phenoxy) is 1. The van der Waals surface area contributed by atoms with Gasteiger partial charge in [-0.3, -0.25) is 9.48 Å². The highest BCUT2D eigenvalue weighted by molar-refractivity contribution is 7.18. The molecule has 1 aliphatic carbocycles. The van der Waals surface area contributed by atoms with E-state index in [1.165, 1.54) is 18.2 Å². The number of thiophene rings is 1. The molecule has 2 aliphatic rings. The number of aliphatic hydroxyl groups is 1. The van der Waals surface area contributed by atoms with Gasteiger partial charge in [-0.25, -0.2) is 13.6 Å². The average Bonchev–Trinajstić information content (AvgIpc) is 3.58. The van der Waals surface area contributed by atoms with Gasteiger partial charge in [-0.1, -0.05) is 6.07 Å². The van der Waals surface area contributed by atoms with Crippen LogP contribution in [0.25, 0.3) is 32.5 Å². The Hall–Kier alpha value is -4.34. The van der Waals surface area contributed by atoms with Crippen LogP contribution < -0.4 is 5.32 Å². The molecule has 3 heterocycles. The highest BCUT2D eigenvalue weighted by Gasteiger charge is 2.35. The summed E-state index contributed by atoms with van der Waals surface area (Å²) in [6.07, 6.45) is 4.90. The number of halogens is 2. The average molecular weight is 648 g/mol. The second-order valence-corrected chi connectivity index (χ2v) is 14.2. The molecule has 1 atom stereocenters. The minimum atomic E-state index is -0.810. The zero-order valence-electron chi connectivity index (χ0n) is 25.9. The van der Waals surface area contributed by atoms with E-state index < -0.39 is 28.9 Å². The van der Waals surface area contributed by atoms with E-state index in [0.29, 0.717) is 70.6 Å². The van der Waals surface area contributed by atoms with Crippen molar-refractivity contribution in [3.8, 4) is 27.6 Å². The number of nitriles is 1. The van der Waals surface area contributed by atoms with E-state index >= 15 is 4.39 Å². The minimum absolute atomic E-state index is 0.123. The lowest BCUT2D eigenvalue weighted by Crippen LogP contribution is -2.50. The van der Waals surface area contributed by atoms with Gasteiger partial charge in [0, 0.05) is 52.8 Å². The number of carbonyl (C=O) groups is 2. The van der Waals surface area contributed by atoms with Gasteiger partial charge in [0.15, 0.2) is 0 Å². The molecular weight excluding hydrogens is 612 g/mol. The zero-order valence-corrected chi connectivity index (χ0v) is 26.7. The van der Waals surface area contributed by atoms with Crippen molar-refractivity contribution >= 4 is 34.2 Å². The Bertz CT molecular complexity index is 1870. The topological polar surface area (TPSA) is 120 Å². The van der Waals surface area contributed by atoms with Crippen molar-refractivity contribution in [2.45, 2.75) is 76.7 Å². The van der Waals surface area contributed by atoms with Crippen molar-refractivity contribution in [1.82, 2.24) is 20.0 Å². The van der Waals surface area contributed by atoms with Crippen molar-refractivity contribution in [2.75, 3.05) is 13.1 Å². The molecule has 0 spiro atoms. The van der Waals surface area contributed by atoms with Crippen molar-refractivity contribution < 1.29 is 28.2 Å². The summed E-state index contributed by atoms with van der Waals surface area (Å²) in [5.74, 6) is -1.57. The number of rotatable bonds is 6. The Balaban J connectivity index is 1.34. The maximum Gasteiger partial charge on any atom is 0.407 e. The predicted molar refractivity (Wildman–Crippen MR) is 170 cm³/mol. The van der Waals surface area contributed by atoms with Crippen molar-refractivity contribution in [3.63, 3.8) is 0 Å². The molecule has 2 aromatic carbocycles. The van der Waals surface area contributed by atoms with Crippen LogP contribution in [0.3, 0.4) is 0 Å². The number of benzene rings is 2. The Labute approximate surface area is 269 Å². The third-order valence-corrected chi connectivity index (χ3v) is 9.56. The highest BCUT2D eigenvalue weighted by atomic mass is 32.1. The fourth-order valence-electron chi connectivity index (χ4n) is 5.99. The standard InChI is InChI=1S/C34H35F2N5O4S/c1-33(2,3)45-32(43)38-23-6-4-11-40(18-23)31(42)29-14-24(20-7-8-21(16-37)26(35)13-20)30(46-29)25-12-22-17-41(19-34(44)9-5-10-34)39-28(22)15-27(25)36/h7-8,12-15,17,23,44H,4-6,9-11,18-19H2,1-3H3,(H,38,43)/t23-/m1/s1. The maximum absolute atomic E-state index is 15.8. The Morgan fingerprint density at radius 2 is 1.93 bits per heavy atom. The van der Waals surface area contributed by atoms with Crippen LogP contribution in [0, 0.1) is 23.0 Å². The van der Waals surface area contributed by atoms with Crippen molar-refractivity contribution in [2.24, 2.45) is 0 Å². The number of nitrogens with zero attached hydrogens (tertiary/aromatic N) is 4. The lowest BCUT2D eigenvalue weighted by atomic mass is 9.80. The van der Waals surface area contributed by atoms with Crippen LogP contribution in [0.15, 0.2) is 42.6 Å². The van der Waals surface area contributed by atoms with Gasteiger partial charge in [-0.2, -0.15) is 10.4 Å². The first-order valence-corrected chi connectivity index (χ1v) is 16.1. The summed E-state index contributed by atoms with van der Waals surface area (Å²) in [7, 11) is 0. The normalized spacial score (nSPS) is 17.8. The van der Waals surface area contributed by atoms with Crippen LogP contribution in [0.1, 0.15) is 68.1 Å². The number of fused-ring (bicyclic) bond motifs is 1.